The summed E-state index contributed by atoms with van der Waals surface area (Å²) in [6.07, 6.45) is 0.415. The molecule has 1 aromatic carbocycles. The molecule has 0 saturated carbocycles. The van der Waals surface area contributed by atoms with Crippen molar-refractivity contribution in [2.45, 2.75) is 46.6 Å². The summed E-state index contributed by atoms with van der Waals surface area (Å²) < 4.78 is 22.8. The van der Waals surface area contributed by atoms with Crippen molar-refractivity contribution in [1.82, 2.24) is 0 Å². The Morgan fingerprint density at radius 1 is 1.11 bits per heavy atom. The highest BCUT2D eigenvalue weighted by atomic mass is 32.2. The zero-order valence-corrected chi connectivity index (χ0v) is 13.0. The Morgan fingerprint density at radius 3 is 2.26 bits per heavy atom. The minimum absolute atomic E-state index is 0.157. The van der Waals surface area contributed by atoms with Gasteiger partial charge in [-0.05, 0) is 55.9 Å². The minimum Gasteiger partial charge on any atom is -0.388 e. The number of aliphatic hydroxyl groups is 1. The average Bonchev–Trinajstić information content (AvgIpc) is 2.33. The van der Waals surface area contributed by atoms with Crippen LogP contribution in [0.1, 0.15) is 48.1 Å². The van der Waals surface area contributed by atoms with Gasteiger partial charge >= 0.3 is 0 Å². The lowest BCUT2D eigenvalue weighted by Crippen LogP contribution is -2.10. The van der Waals surface area contributed by atoms with Crippen molar-refractivity contribution in [1.29, 1.82) is 0 Å². The predicted octanol–water partition coefficient (Wildman–Crippen LogP) is 2.86. The third-order valence-electron chi connectivity index (χ3n) is 3.61. The van der Waals surface area contributed by atoms with Gasteiger partial charge < -0.3 is 5.11 Å². The van der Waals surface area contributed by atoms with Crippen LogP contribution in [0.4, 0.5) is 0 Å². The summed E-state index contributed by atoms with van der Waals surface area (Å²) in [6, 6.07) is 4.07. The molecule has 0 aliphatic carbocycles. The maximum absolute atomic E-state index is 11.4. The van der Waals surface area contributed by atoms with Crippen molar-refractivity contribution in [2.24, 2.45) is 0 Å². The Kier molecular flexibility index (Phi) is 5.56. The molecule has 0 amide bonds. The maximum Gasteiger partial charge on any atom is 0.150 e. The average molecular weight is 284 g/mol. The van der Waals surface area contributed by atoms with Gasteiger partial charge in [0.15, 0.2) is 0 Å². The fraction of sp³-hybridized carbons (Fsp3) is 0.600. The molecule has 1 unspecified atom stereocenters. The molecule has 0 heterocycles. The SMILES string of the molecule is CCS(=O)(=O)CCCC(O)c1cc(C)c(C)cc1C. The second-order valence-corrected chi connectivity index (χ2v) is 7.66. The Balaban J connectivity index is 2.69. The van der Waals surface area contributed by atoms with Crippen molar-refractivity contribution >= 4 is 9.84 Å². The number of sulfone groups is 1. The van der Waals surface area contributed by atoms with Crippen LogP contribution >= 0.6 is 0 Å². The van der Waals surface area contributed by atoms with E-state index in [1.807, 2.05) is 26.8 Å². The number of rotatable bonds is 6. The van der Waals surface area contributed by atoms with Crippen LogP contribution in [-0.2, 0) is 9.84 Å². The van der Waals surface area contributed by atoms with E-state index >= 15 is 0 Å². The molecule has 3 nitrogen and oxygen atoms in total. The number of benzene rings is 1. The molecule has 1 rings (SSSR count). The highest BCUT2D eigenvalue weighted by Crippen LogP contribution is 2.25. The van der Waals surface area contributed by atoms with Gasteiger partial charge in [0.1, 0.15) is 9.84 Å². The van der Waals surface area contributed by atoms with Gasteiger partial charge in [0, 0.05) is 5.75 Å². The number of hydrogen-bond donors (Lipinski definition) is 1. The second kappa shape index (κ2) is 6.53. The first kappa shape index (κ1) is 16.2. The van der Waals surface area contributed by atoms with Crippen LogP contribution in [-0.4, -0.2) is 25.0 Å². The van der Waals surface area contributed by atoms with Crippen molar-refractivity contribution in [2.75, 3.05) is 11.5 Å². The van der Waals surface area contributed by atoms with E-state index in [4.69, 9.17) is 0 Å². The van der Waals surface area contributed by atoms with Crippen molar-refractivity contribution < 1.29 is 13.5 Å². The number of hydrogen-bond acceptors (Lipinski definition) is 3. The molecule has 0 aliphatic rings. The van der Waals surface area contributed by atoms with Crippen LogP contribution in [0, 0.1) is 20.8 Å². The van der Waals surface area contributed by atoms with Gasteiger partial charge in [-0.25, -0.2) is 8.42 Å². The molecule has 0 aliphatic heterocycles. The summed E-state index contributed by atoms with van der Waals surface area (Å²) in [5.74, 6) is 0.330. The zero-order valence-electron chi connectivity index (χ0n) is 12.2. The van der Waals surface area contributed by atoms with E-state index < -0.39 is 15.9 Å². The standard InChI is InChI=1S/C15H24O3S/c1-5-19(17,18)8-6-7-15(16)14-10-12(3)11(2)9-13(14)4/h9-10,15-16H,5-8H2,1-4H3. The van der Waals surface area contributed by atoms with E-state index in [0.717, 1.165) is 16.7 Å². The quantitative estimate of drug-likeness (QED) is 0.874. The Labute approximate surface area is 116 Å². The van der Waals surface area contributed by atoms with Crippen LogP contribution in [0.3, 0.4) is 0 Å². The summed E-state index contributed by atoms with van der Waals surface area (Å²) in [5, 5.41) is 10.2. The molecule has 1 aromatic rings. The Morgan fingerprint density at radius 2 is 1.68 bits per heavy atom. The molecule has 4 heteroatoms. The Bertz CT molecular complexity index is 533. The molecular weight excluding hydrogens is 260 g/mol. The molecule has 19 heavy (non-hydrogen) atoms. The lowest BCUT2D eigenvalue weighted by molar-refractivity contribution is 0.166. The van der Waals surface area contributed by atoms with E-state index in [0.29, 0.717) is 12.8 Å². The minimum atomic E-state index is -2.93. The van der Waals surface area contributed by atoms with E-state index in [1.165, 1.54) is 5.56 Å². The molecule has 0 radical (unpaired) electrons. The molecule has 1 N–H and O–H groups in total. The van der Waals surface area contributed by atoms with Crippen LogP contribution < -0.4 is 0 Å². The third kappa shape index (κ3) is 4.62. The second-order valence-electron chi connectivity index (χ2n) is 5.19. The molecule has 1 atom stereocenters. The van der Waals surface area contributed by atoms with Crippen molar-refractivity contribution in [3.05, 3.63) is 34.4 Å². The highest BCUT2D eigenvalue weighted by molar-refractivity contribution is 7.91. The van der Waals surface area contributed by atoms with Gasteiger partial charge in [0.2, 0.25) is 0 Å². The normalized spacial score (nSPS) is 13.5. The lowest BCUT2D eigenvalue weighted by atomic mass is 9.95. The van der Waals surface area contributed by atoms with Gasteiger partial charge in [-0.2, -0.15) is 0 Å². The molecule has 0 spiro atoms. The van der Waals surface area contributed by atoms with Crippen LogP contribution in [0.5, 0.6) is 0 Å². The van der Waals surface area contributed by atoms with Crippen LogP contribution in [0.25, 0.3) is 0 Å². The predicted molar refractivity (Wildman–Crippen MR) is 79.2 cm³/mol. The van der Waals surface area contributed by atoms with E-state index in [-0.39, 0.29) is 11.5 Å². The first-order chi connectivity index (χ1) is 8.76. The molecule has 0 saturated heterocycles. The zero-order chi connectivity index (χ0) is 14.6. The van der Waals surface area contributed by atoms with Gasteiger partial charge in [-0.3, -0.25) is 0 Å². The summed E-state index contributed by atoms with van der Waals surface area (Å²) >= 11 is 0. The lowest BCUT2D eigenvalue weighted by Gasteiger charge is -2.16. The summed E-state index contributed by atoms with van der Waals surface area (Å²) in [6.45, 7) is 7.70. The third-order valence-corrected chi connectivity index (χ3v) is 5.40. The molecule has 0 aromatic heterocycles. The fourth-order valence-corrected chi connectivity index (χ4v) is 3.03. The van der Waals surface area contributed by atoms with E-state index in [2.05, 4.69) is 6.07 Å². The molecule has 108 valence electrons. The Hall–Kier alpha value is -0.870. The van der Waals surface area contributed by atoms with Crippen molar-refractivity contribution in [3.63, 3.8) is 0 Å². The number of aryl methyl sites for hydroxylation is 3. The highest BCUT2D eigenvalue weighted by Gasteiger charge is 2.14. The largest absolute Gasteiger partial charge is 0.388 e. The summed E-state index contributed by atoms with van der Waals surface area (Å²) in [4.78, 5) is 0. The van der Waals surface area contributed by atoms with E-state index in [1.54, 1.807) is 6.92 Å². The molecular formula is C15H24O3S. The summed E-state index contributed by atoms with van der Waals surface area (Å²) in [5.41, 5.74) is 4.34. The first-order valence-corrected chi connectivity index (χ1v) is 8.55. The fourth-order valence-electron chi connectivity index (χ4n) is 2.14. The molecule has 0 bridgehead atoms. The van der Waals surface area contributed by atoms with Gasteiger partial charge in [-0.1, -0.05) is 19.1 Å². The summed E-state index contributed by atoms with van der Waals surface area (Å²) in [7, 11) is -2.93. The first-order valence-electron chi connectivity index (χ1n) is 6.73. The van der Waals surface area contributed by atoms with E-state index in [9.17, 15) is 13.5 Å². The maximum atomic E-state index is 11.4. The van der Waals surface area contributed by atoms with Gasteiger partial charge in [0.25, 0.3) is 0 Å². The van der Waals surface area contributed by atoms with Crippen LogP contribution in [0.15, 0.2) is 12.1 Å². The van der Waals surface area contributed by atoms with Gasteiger partial charge in [-0.15, -0.1) is 0 Å². The smallest absolute Gasteiger partial charge is 0.150 e. The topological polar surface area (TPSA) is 54.4 Å². The molecule has 0 fully saturated rings. The van der Waals surface area contributed by atoms with Crippen LogP contribution in [0.2, 0.25) is 0 Å². The number of aliphatic hydroxyl groups excluding tert-OH is 1. The van der Waals surface area contributed by atoms with Gasteiger partial charge in [0.05, 0.1) is 11.9 Å². The monoisotopic (exact) mass is 284 g/mol. The van der Waals surface area contributed by atoms with Crippen molar-refractivity contribution in [3.8, 4) is 0 Å².